The van der Waals surface area contributed by atoms with Crippen LogP contribution < -0.4 is 11.1 Å². The van der Waals surface area contributed by atoms with E-state index in [1.165, 1.54) is 18.2 Å². The molecule has 18 heavy (non-hydrogen) atoms. The van der Waals surface area contributed by atoms with Gasteiger partial charge in [0.15, 0.2) is 0 Å². The van der Waals surface area contributed by atoms with Crippen molar-refractivity contribution in [2.45, 2.75) is 6.92 Å². The van der Waals surface area contributed by atoms with Crippen molar-refractivity contribution in [3.05, 3.63) is 59.4 Å². The third-order valence-electron chi connectivity index (χ3n) is 2.60. The highest BCUT2D eigenvalue weighted by atomic mass is 19.1. The van der Waals surface area contributed by atoms with Gasteiger partial charge in [-0.05, 0) is 42.8 Å². The first kappa shape index (κ1) is 12.1. The number of nitrogen functional groups attached to an aromatic ring is 1. The summed E-state index contributed by atoms with van der Waals surface area (Å²) in [5, 5.41) is 2.71. The van der Waals surface area contributed by atoms with Crippen LogP contribution in [0.1, 0.15) is 15.9 Å². The minimum absolute atomic E-state index is 0.275. The van der Waals surface area contributed by atoms with Gasteiger partial charge in [0.1, 0.15) is 5.82 Å². The van der Waals surface area contributed by atoms with Crippen LogP contribution in [0.15, 0.2) is 42.5 Å². The largest absolute Gasteiger partial charge is 0.399 e. The topological polar surface area (TPSA) is 55.1 Å². The molecule has 0 aliphatic heterocycles. The second-order valence-electron chi connectivity index (χ2n) is 4.04. The van der Waals surface area contributed by atoms with E-state index in [1.54, 1.807) is 18.2 Å². The Hall–Kier alpha value is -2.36. The quantitative estimate of drug-likeness (QED) is 0.798. The number of hydrogen-bond acceptors (Lipinski definition) is 2. The number of carbonyl (C=O) groups excluding carboxylic acids is 1. The van der Waals surface area contributed by atoms with Crippen LogP contribution in [0.25, 0.3) is 0 Å². The standard InChI is InChI=1S/C14H13FN2O/c1-9-5-6-12(16)8-13(9)17-14(18)10-3-2-4-11(15)7-10/h2-8H,16H2,1H3,(H,17,18). The summed E-state index contributed by atoms with van der Waals surface area (Å²) in [6.45, 7) is 1.86. The molecule has 2 rings (SSSR count). The number of rotatable bonds is 2. The molecular weight excluding hydrogens is 231 g/mol. The van der Waals surface area contributed by atoms with Crippen LogP contribution in [-0.4, -0.2) is 5.91 Å². The molecule has 0 radical (unpaired) electrons. The molecule has 92 valence electrons. The second kappa shape index (κ2) is 4.87. The Bertz CT molecular complexity index is 596. The lowest BCUT2D eigenvalue weighted by Crippen LogP contribution is -2.13. The van der Waals surface area contributed by atoms with E-state index in [2.05, 4.69) is 5.32 Å². The number of amides is 1. The van der Waals surface area contributed by atoms with Crippen LogP contribution in [-0.2, 0) is 0 Å². The van der Waals surface area contributed by atoms with Gasteiger partial charge in [-0.2, -0.15) is 0 Å². The molecule has 0 bridgehead atoms. The molecule has 3 N–H and O–H groups in total. The Morgan fingerprint density at radius 2 is 2.00 bits per heavy atom. The van der Waals surface area contributed by atoms with Crippen LogP contribution in [0.5, 0.6) is 0 Å². The summed E-state index contributed by atoms with van der Waals surface area (Å²) in [6.07, 6.45) is 0. The molecule has 0 spiro atoms. The van der Waals surface area contributed by atoms with E-state index >= 15 is 0 Å². The van der Waals surface area contributed by atoms with Crippen LogP contribution in [0.3, 0.4) is 0 Å². The monoisotopic (exact) mass is 244 g/mol. The zero-order valence-corrected chi connectivity index (χ0v) is 9.91. The van der Waals surface area contributed by atoms with E-state index in [4.69, 9.17) is 5.73 Å². The number of halogens is 1. The zero-order valence-electron chi connectivity index (χ0n) is 9.91. The summed E-state index contributed by atoms with van der Waals surface area (Å²) < 4.78 is 13.0. The zero-order chi connectivity index (χ0) is 13.1. The predicted octanol–water partition coefficient (Wildman–Crippen LogP) is 2.97. The van der Waals surface area contributed by atoms with Gasteiger partial charge in [0.05, 0.1) is 0 Å². The molecule has 0 saturated heterocycles. The van der Waals surface area contributed by atoms with Gasteiger partial charge >= 0.3 is 0 Å². The van der Waals surface area contributed by atoms with E-state index < -0.39 is 5.82 Å². The number of benzene rings is 2. The highest BCUT2D eigenvalue weighted by Crippen LogP contribution is 2.19. The molecule has 0 aromatic heterocycles. The molecule has 0 aliphatic carbocycles. The lowest BCUT2D eigenvalue weighted by Gasteiger charge is -2.09. The van der Waals surface area contributed by atoms with E-state index in [1.807, 2.05) is 13.0 Å². The molecule has 2 aromatic carbocycles. The van der Waals surface area contributed by atoms with Crippen molar-refractivity contribution in [1.29, 1.82) is 0 Å². The van der Waals surface area contributed by atoms with Crippen molar-refractivity contribution < 1.29 is 9.18 Å². The predicted molar refractivity (Wildman–Crippen MR) is 69.9 cm³/mol. The first-order valence-corrected chi connectivity index (χ1v) is 5.49. The normalized spacial score (nSPS) is 10.1. The summed E-state index contributed by atoms with van der Waals surface area (Å²) in [7, 11) is 0. The lowest BCUT2D eigenvalue weighted by molar-refractivity contribution is 0.102. The van der Waals surface area contributed by atoms with Gasteiger partial charge in [-0.3, -0.25) is 4.79 Å². The molecule has 3 nitrogen and oxygen atoms in total. The van der Waals surface area contributed by atoms with Crippen molar-refractivity contribution in [3.8, 4) is 0 Å². The first-order valence-electron chi connectivity index (χ1n) is 5.49. The summed E-state index contributed by atoms with van der Waals surface area (Å²) in [5.74, 6) is -0.796. The van der Waals surface area contributed by atoms with Crippen molar-refractivity contribution >= 4 is 17.3 Å². The lowest BCUT2D eigenvalue weighted by atomic mass is 10.1. The molecule has 0 heterocycles. The van der Waals surface area contributed by atoms with Gasteiger partial charge in [0.25, 0.3) is 5.91 Å². The van der Waals surface area contributed by atoms with Crippen LogP contribution in [0.2, 0.25) is 0 Å². The Balaban J connectivity index is 2.24. The average molecular weight is 244 g/mol. The van der Waals surface area contributed by atoms with Gasteiger partial charge < -0.3 is 11.1 Å². The molecular formula is C14H13FN2O. The number of nitrogens with one attached hydrogen (secondary N) is 1. The maximum atomic E-state index is 13.0. The van der Waals surface area contributed by atoms with Crippen LogP contribution in [0, 0.1) is 12.7 Å². The highest BCUT2D eigenvalue weighted by molar-refractivity contribution is 6.04. The van der Waals surface area contributed by atoms with Gasteiger partial charge in [-0.15, -0.1) is 0 Å². The van der Waals surface area contributed by atoms with Crippen LogP contribution >= 0.6 is 0 Å². The number of aryl methyl sites for hydroxylation is 1. The van der Waals surface area contributed by atoms with E-state index in [-0.39, 0.29) is 11.5 Å². The minimum atomic E-state index is -0.438. The average Bonchev–Trinajstić information content (AvgIpc) is 2.34. The van der Waals surface area contributed by atoms with E-state index in [0.717, 1.165) is 5.56 Å². The summed E-state index contributed by atoms with van der Waals surface area (Å²) in [4.78, 5) is 11.9. The van der Waals surface area contributed by atoms with Crippen molar-refractivity contribution in [2.75, 3.05) is 11.1 Å². The fourth-order valence-electron chi connectivity index (χ4n) is 1.60. The molecule has 4 heteroatoms. The minimum Gasteiger partial charge on any atom is -0.399 e. The molecule has 2 aromatic rings. The second-order valence-corrected chi connectivity index (χ2v) is 4.04. The van der Waals surface area contributed by atoms with E-state index in [0.29, 0.717) is 11.4 Å². The Morgan fingerprint density at radius 1 is 1.22 bits per heavy atom. The van der Waals surface area contributed by atoms with Crippen molar-refractivity contribution in [1.82, 2.24) is 0 Å². The first-order chi connectivity index (χ1) is 8.56. The van der Waals surface area contributed by atoms with Gasteiger partial charge in [0, 0.05) is 16.9 Å². The van der Waals surface area contributed by atoms with Crippen molar-refractivity contribution in [3.63, 3.8) is 0 Å². The fourth-order valence-corrected chi connectivity index (χ4v) is 1.60. The van der Waals surface area contributed by atoms with Crippen molar-refractivity contribution in [2.24, 2.45) is 0 Å². The molecule has 0 atom stereocenters. The molecule has 1 amide bonds. The Morgan fingerprint density at radius 3 is 2.72 bits per heavy atom. The molecule has 0 aliphatic rings. The van der Waals surface area contributed by atoms with Crippen LogP contribution in [0.4, 0.5) is 15.8 Å². The molecule has 0 saturated carbocycles. The van der Waals surface area contributed by atoms with E-state index in [9.17, 15) is 9.18 Å². The number of anilines is 2. The summed E-state index contributed by atoms with van der Waals surface area (Å²) in [5.41, 5.74) is 8.02. The third kappa shape index (κ3) is 2.66. The highest BCUT2D eigenvalue weighted by Gasteiger charge is 2.08. The number of carbonyl (C=O) groups is 1. The maximum Gasteiger partial charge on any atom is 0.255 e. The Labute approximate surface area is 104 Å². The van der Waals surface area contributed by atoms with Gasteiger partial charge in [-0.1, -0.05) is 12.1 Å². The maximum absolute atomic E-state index is 13.0. The molecule has 0 fully saturated rings. The van der Waals surface area contributed by atoms with Gasteiger partial charge in [-0.25, -0.2) is 4.39 Å². The number of hydrogen-bond donors (Lipinski definition) is 2. The SMILES string of the molecule is Cc1ccc(N)cc1NC(=O)c1cccc(F)c1. The summed E-state index contributed by atoms with van der Waals surface area (Å²) >= 11 is 0. The molecule has 0 unspecified atom stereocenters. The van der Waals surface area contributed by atoms with Gasteiger partial charge in [0.2, 0.25) is 0 Å². The summed E-state index contributed by atoms with van der Waals surface area (Å²) in [6, 6.07) is 10.8. The number of nitrogens with two attached hydrogens (primary N) is 1. The Kier molecular flexibility index (Phi) is 3.28. The smallest absolute Gasteiger partial charge is 0.255 e. The fraction of sp³-hybridized carbons (Fsp3) is 0.0714. The third-order valence-corrected chi connectivity index (χ3v) is 2.60.